The van der Waals surface area contributed by atoms with E-state index in [0.717, 1.165) is 12.1 Å². The molecule has 1 aromatic carbocycles. The highest BCUT2D eigenvalue weighted by Crippen LogP contribution is 2.29. The molecule has 0 saturated heterocycles. The second kappa shape index (κ2) is 6.44. The molecule has 1 aromatic heterocycles. The van der Waals surface area contributed by atoms with E-state index in [1.54, 1.807) is 10.7 Å². The van der Waals surface area contributed by atoms with E-state index in [1.807, 2.05) is 13.8 Å². The Morgan fingerprint density at radius 3 is 2.21 bits per heavy atom. The third kappa shape index (κ3) is 3.21. The number of nitro benzene ring substituents is 2. The van der Waals surface area contributed by atoms with Gasteiger partial charge in [0.15, 0.2) is 0 Å². The van der Waals surface area contributed by atoms with Gasteiger partial charge in [-0.3, -0.25) is 25.0 Å². The molecule has 0 unspecified atom stereocenters. The number of benzene rings is 1. The lowest BCUT2D eigenvalue weighted by molar-refractivity contribution is -0.395. The maximum absolute atomic E-state index is 12.4. The zero-order chi connectivity index (χ0) is 18.0. The molecule has 1 N–H and O–H groups in total. The van der Waals surface area contributed by atoms with Crippen LogP contribution < -0.4 is 5.32 Å². The number of nitrogens with zero attached hydrogens (tertiary/aromatic N) is 4. The average molecular weight is 333 g/mol. The zero-order valence-electron chi connectivity index (χ0n) is 13.2. The molecule has 1 heterocycles. The number of anilines is 1. The Kier molecular flexibility index (Phi) is 4.58. The molecule has 0 aliphatic rings. The summed E-state index contributed by atoms with van der Waals surface area (Å²) in [5.41, 5.74) is -1.23. The number of rotatable bonds is 5. The highest BCUT2D eigenvalue weighted by molar-refractivity contribution is 6.04. The summed E-state index contributed by atoms with van der Waals surface area (Å²) in [6.45, 7) is 5.00. The molecule has 0 spiro atoms. The Bertz CT molecular complexity index is 792. The van der Waals surface area contributed by atoms with Crippen molar-refractivity contribution in [3.05, 3.63) is 55.8 Å². The second-order valence-electron chi connectivity index (χ2n) is 5.36. The van der Waals surface area contributed by atoms with E-state index in [4.69, 9.17) is 0 Å². The van der Waals surface area contributed by atoms with Crippen LogP contribution in [0.5, 0.6) is 0 Å². The maximum Gasteiger partial charge on any atom is 0.279 e. The summed E-state index contributed by atoms with van der Waals surface area (Å²) < 4.78 is 1.55. The lowest BCUT2D eigenvalue weighted by Crippen LogP contribution is -2.17. The first kappa shape index (κ1) is 17.1. The molecule has 0 aliphatic heterocycles. The number of amides is 1. The smallest absolute Gasteiger partial charge is 0.279 e. The third-order valence-corrected chi connectivity index (χ3v) is 3.41. The number of nitro groups is 2. The van der Waals surface area contributed by atoms with Crippen molar-refractivity contribution in [1.29, 1.82) is 0 Å². The molecule has 0 aliphatic carbocycles. The summed E-state index contributed by atoms with van der Waals surface area (Å²) in [6.07, 6.45) is 1.50. The molecule has 0 radical (unpaired) electrons. The molecule has 0 fully saturated rings. The van der Waals surface area contributed by atoms with E-state index in [0.29, 0.717) is 5.82 Å². The van der Waals surface area contributed by atoms with Crippen molar-refractivity contribution in [2.75, 3.05) is 5.32 Å². The average Bonchev–Trinajstić information content (AvgIpc) is 2.94. The Morgan fingerprint density at radius 2 is 1.75 bits per heavy atom. The van der Waals surface area contributed by atoms with Gasteiger partial charge in [-0.15, -0.1) is 0 Å². The van der Waals surface area contributed by atoms with Crippen molar-refractivity contribution in [3.63, 3.8) is 0 Å². The molecule has 0 atom stereocenters. The van der Waals surface area contributed by atoms with E-state index in [9.17, 15) is 25.0 Å². The number of hydrogen-bond acceptors (Lipinski definition) is 6. The van der Waals surface area contributed by atoms with Gasteiger partial charge in [0.2, 0.25) is 0 Å². The van der Waals surface area contributed by atoms with Crippen LogP contribution in [0.25, 0.3) is 0 Å². The van der Waals surface area contributed by atoms with Gasteiger partial charge in [0.25, 0.3) is 17.3 Å². The minimum atomic E-state index is -0.752. The molecule has 24 heavy (non-hydrogen) atoms. The second-order valence-corrected chi connectivity index (χ2v) is 5.36. The van der Waals surface area contributed by atoms with Crippen molar-refractivity contribution >= 4 is 23.1 Å². The number of carbonyl (C=O) groups is 1. The largest absolute Gasteiger partial charge is 0.307 e. The molecular weight excluding hydrogens is 318 g/mol. The summed E-state index contributed by atoms with van der Waals surface area (Å²) in [5, 5.41) is 28.7. The lowest BCUT2D eigenvalue weighted by atomic mass is 10.1. The normalized spacial score (nSPS) is 10.7. The maximum atomic E-state index is 12.4. The summed E-state index contributed by atoms with van der Waals surface area (Å²) in [5.74, 6) is -0.301. The predicted octanol–water partition coefficient (Wildman–Crippen LogP) is 2.84. The van der Waals surface area contributed by atoms with Crippen molar-refractivity contribution in [3.8, 4) is 0 Å². The van der Waals surface area contributed by atoms with E-state index >= 15 is 0 Å². The van der Waals surface area contributed by atoms with E-state index in [1.165, 1.54) is 13.1 Å². The van der Waals surface area contributed by atoms with Crippen molar-refractivity contribution < 1.29 is 14.6 Å². The van der Waals surface area contributed by atoms with Crippen LogP contribution >= 0.6 is 0 Å². The highest BCUT2D eigenvalue weighted by atomic mass is 16.6. The molecular formula is C14H15N5O5. The van der Waals surface area contributed by atoms with E-state index in [2.05, 4.69) is 10.4 Å². The zero-order valence-corrected chi connectivity index (χ0v) is 13.2. The van der Waals surface area contributed by atoms with Crippen molar-refractivity contribution in [2.24, 2.45) is 0 Å². The lowest BCUT2D eigenvalue weighted by Gasteiger charge is -2.12. The summed E-state index contributed by atoms with van der Waals surface area (Å²) >= 11 is 0. The van der Waals surface area contributed by atoms with E-state index < -0.39 is 27.1 Å². The number of carbonyl (C=O) groups excluding carboxylic acids is 1. The first-order chi connectivity index (χ1) is 11.2. The van der Waals surface area contributed by atoms with Crippen molar-refractivity contribution in [1.82, 2.24) is 9.78 Å². The Hall–Kier alpha value is -3.30. The Balaban J connectivity index is 2.44. The topological polar surface area (TPSA) is 133 Å². The Labute approximate surface area is 136 Å². The van der Waals surface area contributed by atoms with Gasteiger partial charge in [-0.25, -0.2) is 4.68 Å². The number of nitrogens with one attached hydrogen (secondary N) is 1. The van der Waals surface area contributed by atoms with Gasteiger partial charge >= 0.3 is 0 Å². The van der Waals surface area contributed by atoms with Crippen LogP contribution in [0.2, 0.25) is 0 Å². The summed E-state index contributed by atoms with van der Waals surface area (Å²) in [6, 6.07) is 3.59. The highest BCUT2D eigenvalue weighted by Gasteiger charge is 2.25. The molecule has 2 rings (SSSR count). The number of hydrogen-bond donors (Lipinski definition) is 1. The number of aromatic nitrogens is 2. The first-order valence-corrected chi connectivity index (χ1v) is 7.00. The SMILES string of the molecule is Cc1c([N+](=O)[O-])cc(C(=O)Nc2ccnn2C(C)C)cc1[N+](=O)[O-]. The fraction of sp³-hybridized carbons (Fsp3) is 0.286. The van der Waals surface area contributed by atoms with Gasteiger partial charge in [-0.1, -0.05) is 0 Å². The molecule has 126 valence electrons. The Morgan fingerprint density at radius 1 is 1.21 bits per heavy atom. The van der Waals surface area contributed by atoms with E-state index in [-0.39, 0.29) is 17.2 Å². The predicted molar refractivity (Wildman–Crippen MR) is 85.1 cm³/mol. The fourth-order valence-corrected chi connectivity index (χ4v) is 2.21. The fourth-order valence-electron chi connectivity index (χ4n) is 2.21. The van der Waals surface area contributed by atoms with Gasteiger partial charge in [0.05, 0.1) is 21.6 Å². The van der Waals surface area contributed by atoms with Gasteiger partial charge in [-0.2, -0.15) is 5.10 Å². The van der Waals surface area contributed by atoms with Crippen LogP contribution in [0.15, 0.2) is 24.4 Å². The quantitative estimate of drug-likeness (QED) is 0.660. The van der Waals surface area contributed by atoms with Gasteiger partial charge < -0.3 is 5.32 Å². The first-order valence-electron chi connectivity index (χ1n) is 7.00. The van der Waals surface area contributed by atoms with Crippen LogP contribution in [0.4, 0.5) is 17.2 Å². The molecule has 0 saturated carbocycles. The van der Waals surface area contributed by atoms with Gasteiger partial charge in [-0.05, 0) is 20.8 Å². The molecule has 1 amide bonds. The third-order valence-electron chi connectivity index (χ3n) is 3.41. The minimum absolute atomic E-state index is 0.0167. The minimum Gasteiger partial charge on any atom is -0.307 e. The molecule has 2 aromatic rings. The van der Waals surface area contributed by atoms with Gasteiger partial charge in [0, 0.05) is 24.2 Å². The van der Waals surface area contributed by atoms with Gasteiger partial charge in [0.1, 0.15) is 11.4 Å². The van der Waals surface area contributed by atoms with Crippen LogP contribution in [-0.2, 0) is 0 Å². The molecule has 10 heteroatoms. The van der Waals surface area contributed by atoms with Crippen molar-refractivity contribution in [2.45, 2.75) is 26.8 Å². The van der Waals surface area contributed by atoms with Crippen LogP contribution in [0.3, 0.4) is 0 Å². The monoisotopic (exact) mass is 333 g/mol. The summed E-state index contributed by atoms with van der Waals surface area (Å²) in [4.78, 5) is 33.0. The molecule has 10 nitrogen and oxygen atoms in total. The standard InChI is InChI=1S/C14H15N5O5/c1-8(2)17-13(4-5-15-17)16-14(20)10-6-11(18(21)22)9(3)12(7-10)19(23)24/h4-8H,1-3H3,(H,16,20). The summed E-state index contributed by atoms with van der Waals surface area (Å²) in [7, 11) is 0. The van der Waals surface area contributed by atoms with Crippen LogP contribution in [0.1, 0.15) is 35.8 Å². The molecule has 0 bridgehead atoms. The van der Waals surface area contributed by atoms with Crippen LogP contribution in [0, 0.1) is 27.2 Å². The van der Waals surface area contributed by atoms with Crippen LogP contribution in [-0.4, -0.2) is 25.5 Å².